The lowest BCUT2D eigenvalue weighted by Gasteiger charge is -2.21. The van der Waals surface area contributed by atoms with E-state index in [4.69, 9.17) is 37.0 Å². The van der Waals surface area contributed by atoms with E-state index in [1.54, 1.807) is 0 Å². The Morgan fingerprint density at radius 2 is 0.510 bits per heavy atom. The van der Waals surface area contributed by atoms with Gasteiger partial charge >= 0.3 is 39.5 Å². The van der Waals surface area contributed by atoms with E-state index < -0.39 is 97.5 Å². The first-order chi connectivity index (χ1) is 49.7. The number of allylic oxidation sites excluding steroid dienone is 18. The lowest BCUT2D eigenvalue weighted by atomic mass is 10.1. The molecule has 588 valence electrons. The van der Waals surface area contributed by atoms with Gasteiger partial charge in [0.1, 0.15) is 19.3 Å². The highest BCUT2D eigenvalue weighted by Crippen LogP contribution is 2.45. The van der Waals surface area contributed by atoms with Gasteiger partial charge in [-0.3, -0.25) is 37.3 Å². The predicted molar refractivity (Wildman–Crippen MR) is 418 cm³/mol. The number of rotatable bonds is 75. The maximum Gasteiger partial charge on any atom is 0.472 e. The lowest BCUT2D eigenvalue weighted by Crippen LogP contribution is -2.30. The van der Waals surface area contributed by atoms with Crippen LogP contribution in [0.4, 0.5) is 0 Å². The molecule has 19 heteroatoms. The zero-order chi connectivity index (χ0) is 74.6. The SMILES string of the molecule is CC/C=C\C/C=C\C/C=C\CCCCCCCCCC(=O)OCC(COP(=O)(O)OCC(O)COP(=O)(O)OCC(COC(=O)CCCCCCC/C=C\C/C=C\CCCCC)OC(=O)CCCCCCC/C=C\CCCCCC)OC(=O)CCCCCCCCC/C=C\C/C=C\C/C=C\CC. The molecule has 0 radical (unpaired) electrons. The van der Waals surface area contributed by atoms with Crippen LogP contribution in [0.15, 0.2) is 109 Å². The van der Waals surface area contributed by atoms with Crippen molar-refractivity contribution < 1.29 is 80.2 Å². The van der Waals surface area contributed by atoms with Crippen molar-refractivity contribution in [3.63, 3.8) is 0 Å². The summed E-state index contributed by atoms with van der Waals surface area (Å²) in [7, 11) is -9.96. The normalized spacial score (nSPS) is 14.5. The minimum Gasteiger partial charge on any atom is -0.462 e. The van der Waals surface area contributed by atoms with Crippen molar-refractivity contribution in [3.05, 3.63) is 109 Å². The fraction of sp³-hybridized carbons (Fsp3) is 0.735. The number of ether oxygens (including phenoxy) is 4. The van der Waals surface area contributed by atoms with Crippen molar-refractivity contribution in [1.29, 1.82) is 0 Å². The molecule has 0 aromatic carbocycles. The van der Waals surface area contributed by atoms with Crippen LogP contribution in [0, 0.1) is 0 Å². The Morgan fingerprint density at radius 1 is 0.284 bits per heavy atom. The average Bonchev–Trinajstić information content (AvgIpc) is 0.959. The van der Waals surface area contributed by atoms with E-state index in [9.17, 15) is 43.2 Å². The highest BCUT2D eigenvalue weighted by molar-refractivity contribution is 7.47. The van der Waals surface area contributed by atoms with E-state index in [1.165, 1.54) is 44.9 Å². The highest BCUT2D eigenvalue weighted by Gasteiger charge is 2.30. The Bertz CT molecular complexity index is 2360. The fourth-order valence-corrected chi connectivity index (χ4v) is 12.2. The number of hydrogen-bond donors (Lipinski definition) is 3. The summed E-state index contributed by atoms with van der Waals surface area (Å²) in [5, 5.41) is 10.6. The molecule has 5 atom stereocenters. The van der Waals surface area contributed by atoms with Gasteiger partial charge in [-0.2, -0.15) is 0 Å². The first kappa shape index (κ1) is 97.7. The van der Waals surface area contributed by atoms with Gasteiger partial charge in [0.15, 0.2) is 12.2 Å². The van der Waals surface area contributed by atoms with E-state index >= 15 is 0 Å². The second-order valence-corrected chi connectivity index (χ2v) is 29.5. The van der Waals surface area contributed by atoms with Gasteiger partial charge in [0, 0.05) is 25.7 Å². The van der Waals surface area contributed by atoms with Crippen LogP contribution in [-0.2, 0) is 65.4 Å². The van der Waals surface area contributed by atoms with Gasteiger partial charge < -0.3 is 33.8 Å². The van der Waals surface area contributed by atoms with Crippen LogP contribution >= 0.6 is 15.6 Å². The third-order valence-corrected chi connectivity index (χ3v) is 18.6. The minimum atomic E-state index is -4.98. The van der Waals surface area contributed by atoms with Crippen LogP contribution in [0.1, 0.15) is 336 Å². The smallest absolute Gasteiger partial charge is 0.462 e. The Kier molecular flexibility index (Phi) is 71.8. The number of hydrogen-bond acceptors (Lipinski definition) is 15. The summed E-state index contributed by atoms with van der Waals surface area (Å²) in [5.41, 5.74) is 0. The van der Waals surface area contributed by atoms with Crippen molar-refractivity contribution in [1.82, 2.24) is 0 Å². The number of carbonyl (C=O) groups is 4. The topological polar surface area (TPSA) is 237 Å². The Labute approximate surface area is 619 Å². The molecule has 0 aromatic rings. The molecule has 5 unspecified atom stereocenters. The first-order valence-electron chi connectivity index (χ1n) is 40.1. The Morgan fingerprint density at radius 3 is 0.814 bits per heavy atom. The maximum atomic E-state index is 13.1. The van der Waals surface area contributed by atoms with E-state index in [-0.39, 0.29) is 25.7 Å². The molecule has 0 saturated carbocycles. The molecule has 0 aromatic heterocycles. The fourth-order valence-electron chi connectivity index (χ4n) is 10.6. The number of unbranched alkanes of at least 4 members (excludes halogenated alkanes) is 31. The summed E-state index contributed by atoms with van der Waals surface area (Å²) in [6.45, 7) is 4.60. The van der Waals surface area contributed by atoms with Crippen molar-refractivity contribution >= 4 is 39.5 Å². The summed E-state index contributed by atoms with van der Waals surface area (Å²) < 4.78 is 68.6. The van der Waals surface area contributed by atoms with Crippen molar-refractivity contribution in [2.45, 2.75) is 354 Å². The first-order valence-corrected chi connectivity index (χ1v) is 43.1. The van der Waals surface area contributed by atoms with E-state index in [0.29, 0.717) is 25.7 Å². The van der Waals surface area contributed by atoms with E-state index in [1.807, 2.05) is 0 Å². The monoisotopic (exact) mass is 1470 g/mol. The minimum absolute atomic E-state index is 0.0801. The van der Waals surface area contributed by atoms with E-state index in [0.717, 1.165) is 212 Å². The van der Waals surface area contributed by atoms with Crippen molar-refractivity contribution in [2.75, 3.05) is 39.6 Å². The molecule has 17 nitrogen and oxygen atoms in total. The van der Waals surface area contributed by atoms with Gasteiger partial charge in [0.2, 0.25) is 0 Å². The molecule has 0 rings (SSSR count). The maximum absolute atomic E-state index is 13.1. The second kappa shape index (κ2) is 75.0. The number of aliphatic hydroxyl groups excluding tert-OH is 1. The van der Waals surface area contributed by atoms with Gasteiger partial charge in [0.05, 0.1) is 26.4 Å². The van der Waals surface area contributed by atoms with Crippen molar-refractivity contribution in [3.8, 4) is 0 Å². The number of phosphoric ester groups is 2. The highest BCUT2D eigenvalue weighted by atomic mass is 31.2. The standard InChI is InChI=1S/C83H144O17P2/c1-5-9-13-17-21-25-29-33-36-38-41-45-48-52-56-60-64-68-81(86)94-74-79(100-83(88)70-66-62-58-54-50-46-42-39-37-34-30-26-22-18-14-10-6-2)76-98-102(91,92)96-72-77(84)71-95-101(89,90)97-75-78(99-82(87)69-65-61-57-53-49-43-32-28-24-20-16-12-8-4)73-93-80(85)67-63-59-55-51-47-44-40-35-31-27-23-19-15-11-7-3/h9-10,13-14,21-23,25-28,32-37,40,77-79,84H,5-8,11-12,15-20,24,29-31,38-39,41-76H2,1-4H3,(H,89,90)(H,91,92)/b13-9-,14-10-,25-21-,26-22-,27-23-,32-28-,36-33-,37-34-,40-35-. The number of esters is 4. The molecule has 3 N–H and O–H groups in total. The Balaban J connectivity index is 5.37. The van der Waals surface area contributed by atoms with Gasteiger partial charge in [0.25, 0.3) is 0 Å². The molecule has 0 heterocycles. The number of aliphatic hydroxyl groups is 1. The van der Waals surface area contributed by atoms with Gasteiger partial charge in [-0.15, -0.1) is 0 Å². The average molecular weight is 1480 g/mol. The molecule has 102 heavy (non-hydrogen) atoms. The summed E-state index contributed by atoms with van der Waals surface area (Å²) in [5.74, 6) is -2.21. The molecule has 0 saturated heterocycles. The number of phosphoric acid groups is 2. The predicted octanol–water partition coefficient (Wildman–Crippen LogP) is 23.3. The molecule has 0 fully saturated rings. The van der Waals surface area contributed by atoms with Crippen LogP contribution in [0.25, 0.3) is 0 Å². The molecule has 0 spiro atoms. The third-order valence-electron chi connectivity index (χ3n) is 16.7. The summed E-state index contributed by atoms with van der Waals surface area (Å²) >= 11 is 0. The van der Waals surface area contributed by atoms with Crippen LogP contribution < -0.4 is 0 Å². The van der Waals surface area contributed by atoms with Gasteiger partial charge in [-0.25, -0.2) is 9.13 Å². The van der Waals surface area contributed by atoms with Crippen LogP contribution in [0.2, 0.25) is 0 Å². The second-order valence-electron chi connectivity index (χ2n) is 26.6. The van der Waals surface area contributed by atoms with Crippen LogP contribution in [0.3, 0.4) is 0 Å². The summed E-state index contributed by atoms with van der Waals surface area (Å²) in [6.07, 6.45) is 80.6. The van der Waals surface area contributed by atoms with E-state index in [2.05, 4.69) is 137 Å². The lowest BCUT2D eigenvalue weighted by molar-refractivity contribution is -0.161. The van der Waals surface area contributed by atoms with Crippen LogP contribution in [-0.4, -0.2) is 96.7 Å². The van der Waals surface area contributed by atoms with Gasteiger partial charge in [-0.1, -0.05) is 272 Å². The Hall–Kier alpha value is -4.28. The molecular formula is C83H144O17P2. The molecule has 0 aliphatic rings. The quantitative estimate of drug-likeness (QED) is 0.0169. The largest absolute Gasteiger partial charge is 0.472 e. The third kappa shape index (κ3) is 74.0. The zero-order valence-electron chi connectivity index (χ0n) is 64.3. The van der Waals surface area contributed by atoms with Crippen LogP contribution in [0.5, 0.6) is 0 Å². The number of carbonyl (C=O) groups excluding carboxylic acids is 4. The molecule has 0 bridgehead atoms. The molecular weight excluding hydrogens is 1330 g/mol. The van der Waals surface area contributed by atoms with Crippen molar-refractivity contribution in [2.24, 2.45) is 0 Å². The summed E-state index contributed by atoms with van der Waals surface area (Å²) in [6, 6.07) is 0. The molecule has 0 aliphatic heterocycles. The zero-order valence-corrected chi connectivity index (χ0v) is 66.0. The molecule has 0 amide bonds. The molecule has 0 aliphatic carbocycles. The van der Waals surface area contributed by atoms with Gasteiger partial charge in [-0.05, 0) is 148 Å². The summed E-state index contributed by atoms with van der Waals surface area (Å²) in [4.78, 5) is 73.0.